The molecule has 0 aliphatic carbocycles. The van der Waals surface area contributed by atoms with E-state index < -0.39 is 15.9 Å². The molecule has 1 heterocycles. The second kappa shape index (κ2) is 7.86. The van der Waals surface area contributed by atoms with Crippen LogP contribution in [-0.4, -0.2) is 31.7 Å². The quantitative estimate of drug-likeness (QED) is 0.688. The van der Waals surface area contributed by atoms with Gasteiger partial charge in [0.25, 0.3) is 5.91 Å². The van der Waals surface area contributed by atoms with E-state index in [1.54, 1.807) is 18.2 Å². The predicted octanol–water partition coefficient (Wildman–Crippen LogP) is 4.79. The smallest absolute Gasteiger partial charge is 0.257 e. The fourth-order valence-corrected chi connectivity index (χ4v) is 4.86. The maximum absolute atomic E-state index is 12.7. The molecule has 2 aromatic rings. The second-order valence-electron chi connectivity index (χ2n) is 5.84. The highest BCUT2D eigenvalue weighted by Crippen LogP contribution is 2.28. The molecule has 0 atom stereocenters. The van der Waals surface area contributed by atoms with Crippen molar-refractivity contribution in [2.24, 2.45) is 0 Å². The third kappa shape index (κ3) is 4.07. The van der Waals surface area contributed by atoms with Gasteiger partial charge in [-0.25, -0.2) is 8.42 Å². The summed E-state index contributed by atoms with van der Waals surface area (Å²) in [5.74, 6) is -0.508. The zero-order chi connectivity index (χ0) is 18.9. The molecule has 1 fully saturated rings. The number of amides is 1. The van der Waals surface area contributed by atoms with Crippen molar-refractivity contribution in [1.29, 1.82) is 0 Å². The van der Waals surface area contributed by atoms with Gasteiger partial charge in [0.1, 0.15) is 0 Å². The molecule has 1 amide bonds. The van der Waals surface area contributed by atoms with Gasteiger partial charge in [0.2, 0.25) is 10.0 Å². The Kier molecular flexibility index (Phi) is 5.94. The number of rotatable bonds is 4. The normalized spacial score (nSPS) is 15.2. The van der Waals surface area contributed by atoms with Gasteiger partial charge >= 0.3 is 0 Å². The second-order valence-corrected chi connectivity index (χ2v) is 9.44. The zero-order valence-corrected chi connectivity index (χ0v) is 17.4. The summed E-state index contributed by atoms with van der Waals surface area (Å²) in [4.78, 5) is 12.6. The fraction of sp³-hybridized carbons (Fsp3) is 0.235. The van der Waals surface area contributed by atoms with E-state index in [1.165, 1.54) is 22.5 Å². The monoisotopic (exact) mass is 476 g/mol. The summed E-state index contributed by atoms with van der Waals surface area (Å²) in [6.45, 7) is 0.980. The largest absolute Gasteiger partial charge is 0.322 e. The Bertz CT molecular complexity index is 960. The van der Waals surface area contributed by atoms with Crippen LogP contribution in [0.25, 0.3) is 0 Å². The van der Waals surface area contributed by atoms with Gasteiger partial charge in [-0.2, -0.15) is 4.31 Å². The first-order chi connectivity index (χ1) is 12.3. The molecular weight excluding hydrogens is 463 g/mol. The average molecular weight is 478 g/mol. The minimum absolute atomic E-state index is 0.0581. The molecule has 138 valence electrons. The van der Waals surface area contributed by atoms with Crippen LogP contribution in [0.4, 0.5) is 5.69 Å². The van der Waals surface area contributed by atoms with E-state index in [4.69, 9.17) is 23.2 Å². The minimum Gasteiger partial charge on any atom is -0.322 e. The molecule has 0 bridgehead atoms. The number of carbonyl (C=O) groups is 1. The summed E-state index contributed by atoms with van der Waals surface area (Å²) in [5.41, 5.74) is 0.568. The number of hydrogen-bond acceptors (Lipinski definition) is 3. The van der Waals surface area contributed by atoms with Crippen molar-refractivity contribution in [3.8, 4) is 0 Å². The maximum Gasteiger partial charge on any atom is 0.257 e. The number of carbonyl (C=O) groups excluding carboxylic acids is 1. The molecule has 26 heavy (non-hydrogen) atoms. The van der Waals surface area contributed by atoms with E-state index in [2.05, 4.69) is 21.2 Å². The summed E-state index contributed by atoms with van der Waals surface area (Å²) in [7, 11) is -3.63. The molecular formula is C17H15BrCl2N2O3S. The van der Waals surface area contributed by atoms with Crippen molar-refractivity contribution < 1.29 is 13.2 Å². The lowest BCUT2D eigenvalue weighted by molar-refractivity contribution is 0.102. The van der Waals surface area contributed by atoms with Gasteiger partial charge in [-0.15, -0.1) is 0 Å². The van der Waals surface area contributed by atoms with Gasteiger partial charge in [-0.05, 0) is 65.2 Å². The fourth-order valence-electron chi connectivity index (χ4n) is 2.69. The topological polar surface area (TPSA) is 66.5 Å². The van der Waals surface area contributed by atoms with Crippen LogP contribution in [0.5, 0.6) is 0 Å². The van der Waals surface area contributed by atoms with Crippen LogP contribution in [0.15, 0.2) is 45.8 Å². The summed E-state index contributed by atoms with van der Waals surface area (Å²) in [5, 5.41) is 3.29. The van der Waals surface area contributed by atoms with Crippen LogP contribution < -0.4 is 5.32 Å². The van der Waals surface area contributed by atoms with Crippen LogP contribution in [0.3, 0.4) is 0 Å². The van der Waals surface area contributed by atoms with E-state index in [0.717, 1.165) is 12.8 Å². The number of anilines is 1. The van der Waals surface area contributed by atoms with E-state index in [-0.39, 0.29) is 15.5 Å². The molecule has 1 N–H and O–H groups in total. The molecule has 5 nitrogen and oxygen atoms in total. The van der Waals surface area contributed by atoms with Crippen LogP contribution in [0.2, 0.25) is 10.0 Å². The van der Waals surface area contributed by atoms with Crippen molar-refractivity contribution in [1.82, 2.24) is 4.31 Å². The zero-order valence-electron chi connectivity index (χ0n) is 13.5. The van der Waals surface area contributed by atoms with Gasteiger partial charge in [-0.3, -0.25) is 4.79 Å². The van der Waals surface area contributed by atoms with E-state index in [0.29, 0.717) is 28.3 Å². The lowest BCUT2D eigenvalue weighted by Crippen LogP contribution is -2.28. The molecule has 3 rings (SSSR count). The first kappa shape index (κ1) is 19.6. The van der Waals surface area contributed by atoms with E-state index in [9.17, 15) is 13.2 Å². The lowest BCUT2D eigenvalue weighted by atomic mass is 10.2. The highest BCUT2D eigenvalue weighted by atomic mass is 79.9. The minimum atomic E-state index is -3.63. The van der Waals surface area contributed by atoms with Crippen molar-refractivity contribution >= 4 is 60.7 Å². The lowest BCUT2D eigenvalue weighted by Gasteiger charge is -2.16. The molecule has 2 aromatic carbocycles. The molecule has 1 saturated heterocycles. The van der Waals surface area contributed by atoms with Crippen LogP contribution in [0.1, 0.15) is 23.2 Å². The van der Waals surface area contributed by atoms with Crippen molar-refractivity contribution in [2.75, 3.05) is 18.4 Å². The summed E-state index contributed by atoms with van der Waals surface area (Å²) in [6, 6.07) is 9.12. The standard InChI is InChI=1S/C17H15BrCl2N2O3S/c18-14-5-3-11(9-16(14)20)21-17(23)13-10-12(4-6-15(13)19)26(24,25)22-7-1-2-8-22/h3-6,9-10H,1-2,7-8H2,(H,21,23). The Hall–Kier alpha value is -1.12. The van der Waals surface area contributed by atoms with Crippen molar-refractivity contribution in [3.63, 3.8) is 0 Å². The van der Waals surface area contributed by atoms with Gasteiger partial charge in [0.15, 0.2) is 0 Å². The van der Waals surface area contributed by atoms with Gasteiger partial charge < -0.3 is 5.32 Å². The van der Waals surface area contributed by atoms with Crippen molar-refractivity contribution in [2.45, 2.75) is 17.7 Å². The number of nitrogens with one attached hydrogen (secondary N) is 1. The molecule has 0 saturated carbocycles. The average Bonchev–Trinajstić information content (AvgIpc) is 3.13. The first-order valence-electron chi connectivity index (χ1n) is 7.85. The van der Waals surface area contributed by atoms with Crippen LogP contribution >= 0.6 is 39.1 Å². The third-order valence-corrected chi connectivity index (χ3v) is 7.52. The maximum atomic E-state index is 12.7. The Balaban J connectivity index is 1.89. The summed E-state index contributed by atoms with van der Waals surface area (Å²) < 4.78 is 27.5. The molecule has 0 spiro atoms. The number of nitrogens with zero attached hydrogens (tertiary/aromatic N) is 1. The van der Waals surface area contributed by atoms with E-state index >= 15 is 0 Å². The first-order valence-corrected chi connectivity index (χ1v) is 10.8. The van der Waals surface area contributed by atoms with Crippen LogP contribution in [-0.2, 0) is 10.0 Å². The molecule has 1 aliphatic heterocycles. The van der Waals surface area contributed by atoms with Gasteiger partial charge in [0, 0.05) is 23.2 Å². The Labute approximate surface area is 170 Å². The van der Waals surface area contributed by atoms with Crippen LogP contribution in [0, 0.1) is 0 Å². The highest BCUT2D eigenvalue weighted by molar-refractivity contribution is 9.10. The number of hydrogen-bond donors (Lipinski definition) is 1. The Morgan fingerprint density at radius 2 is 1.73 bits per heavy atom. The molecule has 0 radical (unpaired) electrons. The summed E-state index contributed by atoms with van der Waals surface area (Å²) in [6.07, 6.45) is 1.68. The third-order valence-electron chi connectivity index (χ3n) is 4.06. The number of sulfonamides is 1. The molecule has 9 heteroatoms. The Morgan fingerprint density at radius 1 is 1.04 bits per heavy atom. The summed E-state index contributed by atoms with van der Waals surface area (Å²) >= 11 is 15.4. The van der Waals surface area contributed by atoms with Gasteiger partial charge in [-0.1, -0.05) is 23.2 Å². The SMILES string of the molecule is O=C(Nc1ccc(Br)c(Cl)c1)c1cc(S(=O)(=O)N2CCCC2)ccc1Cl. The number of halogens is 3. The highest BCUT2D eigenvalue weighted by Gasteiger charge is 2.28. The van der Waals surface area contributed by atoms with Gasteiger partial charge in [0.05, 0.1) is 20.5 Å². The molecule has 1 aliphatic rings. The molecule has 0 unspecified atom stereocenters. The number of benzene rings is 2. The predicted molar refractivity (Wildman–Crippen MR) is 107 cm³/mol. The molecule has 0 aromatic heterocycles. The van der Waals surface area contributed by atoms with Crippen molar-refractivity contribution in [3.05, 3.63) is 56.5 Å². The Morgan fingerprint density at radius 3 is 2.38 bits per heavy atom. The van der Waals surface area contributed by atoms with E-state index in [1.807, 2.05) is 0 Å².